The maximum Gasteiger partial charge on any atom is 0.260 e. The summed E-state index contributed by atoms with van der Waals surface area (Å²) in [6, 6.07) is 10.4. The number of aromatic nitrogens is 1. The number of benzene rings is 2. The van der Waals surface area contributed by atoms with Gasteiger partial charge >= 0.3 is 0 Å². The molecule has 0 spiro atoms. The molecule has 0 radical (unpaired) electrons. The van der Waals surface area contributed by atoms with Crippen LogP contribution in [0.5, 0.6) is 0 Å². The minimum Gasteiger partial charge on any atom is -0.379 e. The molecule has 0 saturated carbocycles. The van der Waals surface area contributed by atoms with Crippen molar-refractivity contribution in [3.8, 4) is 0 Å². The average Bonchev–Trinajstić information content (AvgIpc) is 3.10. The smallest absolute Gasteiger partial charge is 0.260 e. The van der Waals surface area contributed by atoms with E-state index in [-0.39, 0.29) is 18.3 Å². The molecule has 0 aliphatic carbocycles. The molecule has 10 heteroatoms. The lowest BCUT2D eigenvalue weighted by molar-refractivity contribution is 0.0391. The van der Waals surface area contributed by atoms with Gasteiger partial charge in [-0.25, -0.2) is 4.98 Å². The first-order chi connectivity index (χ1) is 14.0. The lowest BCUT2D eigenvalue weighted by Gasteiger charge is -2.29. The molecule has 1 aromatic heterocycles. The van der Waals surface area contributed by atoms with Crippen molar-refractivity contribution < 1.29 is 9.53 Å². The molecule has 0 N–H and O–H groups in total. The number of hydrogen-bond donors (Lipinski definition) is 0. The molecule has 5 nitrogen and oxygen atoms in total. The Balaban J connectivity index is 0.00000256. The second kappa shape index (κ2) is 10.5. The Hall–Kier alpha value is -1.12. The Morgan fingerprint density at radius 1 is 1.07 bits per heavy atom. The minimum atomic E-state index is -0.187. The molecule has 0 bridgehead atoms. The van der Waals surface area contributed by atoms with Crippen LogP contribution in [0.4, 0.5) is 5.13 Å². The van der Waals surface area contributed by atoms with Gasteiger partial charge in [-0.1, -0.05) is 46.1 Å². The van der Waals surface area contributed by atoms with E-state index in [2.05, 4.69) is 9.88 Å². The predicted octanol–water partition coefficient (Wildman–Crippen LogP) is 5.66. The summed E-state index contributed by atoms with van der Waals surface area (Å²) in [6.07, 6.45) is 0. The number of carbonyl (C=O) groups excluding carboxylic acids is 1. The Labute approximate surface area is 199 Å². The SMILES string of the molecule is Cl.O=C(c1cc(Cl)cc(Cl)c1)N(CCN1CCOCC1)c1nc2ccc(Cl)cc2s1. The topological polar surface area (TPSA) is 45.7 Å². The number of fused-ring (bicyclic) bond motifs is 1. The zero-order chi connectivity index (χ0) is 20.4. The fourth-order valence-electron chi connectivity index (χ4n) is 3.19. The second-order valence-corrected chi connectivity index (χ2v) is 9.00. The molecule has 0 atom stereocenters. The van der Waals surface area contributed by atoms with Gasteiger partial charge in [-0.05, 0) is 36.4 Å². The van der Waals surface area contributed by atoms with Gasteiger partial charge in [0, 0.05) is 46.8 Å². The van der Waals surface area contributed by atoms with E-state index in [4.69, 9.17) is 39.5 Å². The van der Waals surface area contributed by atoms with Gasteiger partial charge in [-0.15, -0.1) is 12.4 Å². The Bertz CT molecular complexity index is 1020. The molecule has 1 aliphatic rings. The highest BCUT2D eigenvalue weighted by molar-refractivity contribution is 7.22. The summed E-state index contributed by atoms with van der Waals surface area (Å²) >= 11 is 19.8. The van der Waals surface area contributed by atoms with E-state index in [1.54, 1.807) is 29.2 Å². The van der Waals surface area contributed by atoms with Crippen LogP contribution in [0.3, 0.4) is 0 Å². The van der Waals surface area contributed by atoms with Crippen molar-refractivity contribution in [1.29, 1.82) is 0 Å². The fraction of sp³-hybridized carbons (Fsp3) is 0.300. The highest BCUT2D eigenvalue weighted by Crippen LogP contribution is 2.32. The van der Waals surface area contributed by atoms with Crippen LogP contribution in [0.15, 0.2) is 36.4 Å². The van der Waals surface area contributed by atoms with Gasteiger partial charge in [0.1, 0.15) is 0 Å². The third-order valence-electron chi connectivity index (χ3n) is 4.67. The highest BCUT2D eigenvalue weighted by atomic mass is 35.5. The zero-order valence-corrected chi connectivity index (χ0v) is 19.7. The zero-order valence-electron chi connectivity index (χ0n) is 15.8. The second-order valence-electron chi connectivity index (χ2n) is 6.68. The van der Waals surface area contributed by atoms with Gasteiger partial charge in [0.05, 0.1) is 23.4 Å². The number of thiazole rings is 1. The molecule has 2 aromatic carbocycles. The van der Waals surface area contributed by atoms with Crippen molar-refractivity contribution in [3.05, 3.63) is 57.0 Å². The van der Waals surface area contributed by atoms with Gasteiger partial charge in [0.15, 0.2) is 5.13 Å². The quantitative estimate of drug-likeness (QED) is 0.448. The highest BCUT2D eigenvalue weighted by Gasteiger charge is 2.23. The first-order valence-corrected chi connectivity index (χ1v) is 11.1. The number of morpholine rings is 1. The first-order valence-electron chi connectivity index (χ1n) is 9.14. The summed E-state index contributed by atoms with van der Waals surface area (Å²) in [5.41, 5.74) is 1.24. The van der Waals surface area contributed by atoms with Crippen LogP contribution in [-0.2, 0) is 4.74 Å². The number of halogens is 4. The summed E-state index contributed by atoms with van der Waals surface area (Å²) in [5.74, 6) is -0.187. The predicted molar refractivity (Wildman–Crippen MR) is 127 cm³/mol. The standard InChI is InChI=1S/C20H18Cl3N3O2S.ClH/c21-14-1-2-17-18(12-14)29-20(24-17)26(4-3-25-5-7-28-8-6-25)19(27)13-9-15(22)11-16(23)10-13;/h1-2,9-12H,3-8H2;1H. The van der Waals surface area contributed by atoms with Crippen molar-refractivity contribution in [3.63, 3.8) is 0 Å². The minimum absolute atomic E-state index is 0. The Kier molecular flexibility index (Phi) is 8.21. The monoisotopic (exact) mass is 505 g/mol. The van der Waals surface area contributed by atoms with Crippen LogP contribution < -0.4 is 4.90 Å². The van der Waals surface area contributed by atoms with E-state index < -0.39 is 0 Å². The van der Waals surface area contributed by atoms with Crippen LogP contribution in [0.1, 0.15) is 10.4 Å². The summed E-state index contributed by atoms with van der Waals surface area (Å²) in [4.78, 5) is 22.0. The lowest BCUT2D eigenvalue weighted by Crippen LogP contribution is -2.43. The van der Waals surface area contributed by atoms with E-state index in [1.807, 2.05) is 12.1 Å². The van der Waals surface area contributed by atoms with E-state index in [1.165, 1.54) is 11.3 Å². The number of ether oxygens (including phenoxy) is 1. The number of hydrogen-bond acceptors (Lipinski definition) is 5. The third-order valence-corrected chi connectivity index (χ3v) is 6.38. The maximum atomic E-state index is 13.4. The summed E-state index contributed by atoms with van der Waals surface area (Å²) in [6.45, 7) is 4.33. The van der Waals surface area contributed by atoms with Crippen LogP contribution in [0.25, 0.3) is 10.2 Å². The Morgan fingerprint density at radius 2 is 1.77 bits per heavy atom. The molecular weight excluding hydrogens is 488 g/mol. The molecule has 1 saturated heterocycles. The van der Waals surface area contributed by atoms with Crippen LogP contribution in [-0.4, -0.2) is 55.2 Å². The van der Waals surface area contributed by atoms with Gasteiger partial charge < -0.3 is 4.74 Å². The molecule has 0 unspecified atom stereocenters. The molecule has 1 aliphatic heterocycles. The van der Waals surface area contributed by atoms with Gasteiger partial charge in [0.2, 0.25) is 0 Å². The molecular formula is C20H19Cl4N3O2S. The van der Waals surface area contributed by atoms with Crippen LogP contribution in [0, 0.1) is 0 Å². The summed E-state index contributed by atoms with van der Waals surface area (Å²) in [5, 5.41) is 2.10. The van der Waals surface area contributed by atoms with E-state index in [9.17, 15) is 4.79 Å². The van der Waals surface area contributed by atoms with Crippen LogP contribution >= 0.6 is 58.5 Å². The van der Waals surface area contributed by atoms with Crippen molar-refractivity contribution in [2.24, 2.45) is 0 Å². The van der Waals surface area contributed by atoms with Crippen LogP contribution in [0.2, 0.25) is 15.1 Å². The van der Waals surface area contributed by atoms with Gasteiger partial charge in [0.25, 0.3) is 5.91 Å². The molecule has 4 rings (SSSR count). The van der Waals surface area contributed by atoms with Crippen molar-refractivity contribution in [2.45, 2.75) is 0 Å². The molecule has 1 amide bonds. The average molecular weight is 507 g/mol. The van der Waals surface area contributed by atoms with Gasteiger partial charge in [-0.2, -0.15) is 0 Å². The first kappa shape index (κ1) is 23.5. The molecule has 2 heterocycles. The number of rotatable bonds is 5. The van der Waals surface area contributed by atoms with Crippen molar-refractivity contribution in [1.82, 2.24) is 9.88 Å². The van der Waals surface area contributed by atoms with E-state index >= 15 is 0 Å². The summed E-state index contributed by atoms with van der Waals surface area (Å²) < 4.78 is 6.34. The summed E-state index contributed by atoms with van der Waals surface area (Å²) in [7, 11) is 0. The molecule has 1 fully saturated rings. The molecule has 3 aromatic rings. The van der Waals surface area contributed by atoms with E-state index in [0.29, 0.717) is 45.5 Å². The van der Waals surface area contributed by atoms with E-state index in [0.717, 1.165) is 29.9 Å². The largest absolute Gasteiger partial charge is 0.379 e. The number of nitrogens with zero attached hydrogens (tertiary/aromatic N) is 3. The number of amides is 1. The lowest BCUT2D eigenvalue weighted by atomic mass is 10.2. The third kappa shape index (κ3) is 5.56. The normalized spacial score (nSPS) is 14.5. The van der Waals surface area contributed by atoms with Gasteiger partial charge in [-0.3, -0.25) is 14.6 Å². The maximum absolute atomic E-state index is 13.4. The van der Waals surface area contributed by atoms with Crippen molar-refractivity contribution in [2.75, 3.05) is 44.3 Å². The fourth-order valence-corrected chi connectivity index (χ4v) is 4.98. The molecule has 30 heavy (non-hydrogen) atoms. The number of carbonyl (C=O) groups is 1. The molecule has 160 valence electrons. The Morgan fingerprint density at radius 3 is 2.47 bits per heavy atom. The van der Waals surface area contributed by atoms with Crippen molar-refractivity contribution >= 4 is 79.8 Å². The number of anilines is 1.